The first-order chi connectivity index (χ1) is 8.78. The van der Waals surface area contributed by atoms with Crippen LogP contribution in [0.4, 0.5) is 4.79 Å². The fourth-order valence-electron chi connectivity index (χ4n) is 2.57. The molecule has 2 amide bonds. The summed E-state index contributed by atoms with van der Waals surface area (Å²) in [5, 5.41) is 12.1. The van der Waals surface area contributed by atoms with Gasteiger partial charge in [0.1, 0.15) is 5.54 Å². The normalized spacial score (nSPS) is 17.8. The van der Waals surface area contributed by atoms with Gasteiger partial charge in [-0.25, -0.2) is 9.59 Å². The Hall–Kier alpha value is -1.26. The number of aliphatic carboxylic acids is 1. The molecule has 0 spiro atoms. The van der Waals surface area contributed by atoms with E-state index < -0.39 is 11.5 Å². The van der Waals surface area contributed by atoms with Gasteiger partial charge >= 0.3 is 12.0 Å². The van der Waals surface area contributed by atoms with Crippen molar-refractivity contribution in [2.45, 2.75) is 65.0 Å². The van der Waals surface area contributed by atoms with E-state index in [-0.39, 0.29) is 12.1 Å². The zero-order valence-corrected chi connectivity index (χ0v) is 12.4. The van der Waals surface area contributed by atoms with E-state index in [2.05, 4.69) is 5.32 Å². The molecule has 0 atom stereocenters. The van der Waals surface area contributed by atoms with Gasteiger partial charge in [0.25, 0.3) is 0 Å². The first-order valence-electron chi connectivity index (χ1n) is 7.10. The van der Waals surface area contributed by atoms with Crippen LogP contribution >= 0.6 is 0 Å². The molecular formula is C14H26N2O3. The molecule has 0 aromatic heterocycles. The molecule has 0 aliphatic heterocycles. The Labute approximate surface area is 115 Å². The predicted molar refractivity (Wildman–Crippen MR) is 74.0 cm³/mol. The van der Waals surface area contributed by atoms with Gasteiger partial charge < -0.3 is 15.3 Å². The average Bonchev–Trinajstić information content (AvgIpc) is 2.74. The Kier molecular flexibility index (Phi) is 5.20. The van der Waals surface area contributed by atoms with Crippen LogP contribution in [0.3, 0.4) is 0 Å². The lowest BCUT2D eigenvalue weighted by Gasteiger charge is -2.33. The lowest BCUT2D eigenvalue weighted by molar-refractivity contribution is -0.144. The number of carbonyl (C=O) groups excluding carboxylic acids is 1. The molecule has 1 aliphatic carbocycles. The van der Waals surface area contributed by atoms with Gasteiger partial charge in [0.2, 0.25) is 0 Å². The number of amides is 2. The fourth-order valence-corrected chi connectivity index (χ4v) is 2.57. The molecule has 2 N–H and O–H groups in total. The van der Waals surface area contributed by atoms with E-state index >= 15 is 0 Å². The lowest BCUT2D eigenvalue weighted by atomic mass is 9.98. The third-order valence-corrected chi connectivity index (χ3v) is 3.66. The molecule has 0 bridgehead atoms. The Morgan fingerprint density at radius 3 is 2.11 bits per heavy atom. The van der Waals surface area contributed by atoms with E-state index in [0.717, 1.165) is 12.8 Å². The number of carboxylic acid groups (broad SMARTS) is 1. The van der Waals surface area contributed by atoms with Gasteiger partial charge in [0.05, 0.1) is 0 Å². The van der Waals surface area contributed by atoms with E-state index in [9.17, 15) is 14.7 Å². The largest absolute Gasteiger partial charge is 0.480 e. The Bertz CT molecular complexity index is 334. The first-order valence-corrected chi connectivity index (χ1v) is 7.10. The number of hydrogen-bond acceptors (Lipinski definition) is 2. The van der Waals surface area contributed by atoms with Crippen molar-refractivity contribution in [3.63, 3.8) is 0 Å². The summed E-state index contributed by atoms with van der Waals surface area (Å²) in [6.07, 6.45) is 2.78. The monoisotopic (exact) mass is 270 g/mol. The molecule has 110 valence electrons. The van der Waals surface area contributed by atoms with Gasteiger partial charge in [-0.1, -0.05) is 26.7 Å². The third-order valence-electron chi connectivity index (χ3n) is 3.66. The fraction of sp³-hybridized carbons (Fsp3) is 0.857. The lowest BCUT2D eigenvalue weighted by Crippen LogP contribution is -2.58. The molecule has 1 fully saturated rings. The standard InChI is InChI=1S/C14H26N2O3/c1-10(2)9-16(11(3)4)13(19)15-14(12(17)18)7-5-6-8-14/h10-11H,5-9H2,1-4H3,(H,15,19)(H,17,18). The van der Waals surface area contributed by atoms with Crippen LogP contribution in [0.25, 0.3) is 0 Å². The maximum Gasteiger partial charge on any atom is 0.329 e. The molecule has 0 heterocycles. The van der Waals surface area contributed by atoms with Crippen molar-refractivity contribution in [3.8, 4) is 0 Å². The molecule has 1 aliphatic rings. The van der Waals surface area contributed by atoms with Crippen molar-refractivity contribution in [3.05, 3.63) is 0 Å². The maximum atomic E-state index is 12.3. The van der Waals surface area contributed by atoms with Crippen LogP contribution < -0.4 is 5.32 Å². The Morgan fingerprint density at radius 1 is 1.21 bits per heavy atom. The number of rotatable bonds is 5. The number of nitrogens with one attached hydrogen (secondary N) is 1. The van der Waals surface area contributed by atoms with Crippen molar-refractivity contribution in [2.75, 3.05) is 6.54 Å². The first kappa shape index (κ1) is 15.8. The minimum atomic E-state index is -1.05. The molecule has 0 radical (unpaired) electrons. The van der Waals surface area contributed by atoms with Crippen LogP contribution in [0.5, 0.6) is 0 Å². The molecule has 5 heteroatoms. The topological polar surface area (TPSA) is 69.6 Å². The number of carboxylic acids is 1. The average molecular weight is 270 g/mol. The summed E-state index contributed by atoms with van der Waals surface area (Å²) in [6, 6.07) is -0.192. The van der Waals surface area contributed by atoms with Crippen molar-refractivity contribution in [1.29, 1.82) is 0 Å². The van der Waals surface area contributed by atoms with E-state index in [1.807, 2.05) is 27.7 Å². The van der Waals surface area contributed by atoms with Gasteiger partial charge in [-0.05, 0) is 32.6 Å². The Morgan fingerprint density at radius 2 is 1.74 bits per heavy atom. The zero-order valence-electron chi connectivity index (χ0n) is 12.4. The van der Waals surface area contributed by atoms with Crippen molar-refractivity contribution < 1.29 is 14.7 Å². The summed E-state index contributed by atoms with van der Waals surface area (Å²) in [4.78, 5) is 25.5. The van der Waals surface area contributed by atoms with Crippen LogP contribution in [-0.4, -0.2) is 40.1 Å². The van der Waals surface area contributed by atoms with Gasteiger partial charge in [-0.2, -0.15) is 0 Å². The molecule has 0 aromatic carbocycles. The highest BCUT2D eigenvalue weighted by atomic mass is 16.4. The summed E-state index contributed by atoms with van der Waals surface area (Å²) in [7, 11) is 0. The van der Waals surface area contributed by atoms with E-state index in [4.69, 9.17) is 0 Å². The smallest absolute Gasteiger partial charge is 0.329 e. The van der Waals surface area contributed by atoms with Gasteiger partial charge in [0, 0.05) is 12.6 Å². The molecule has 19 heavy (non-hydrogen) atoms. The van der Waals surface area contributed by atoms with Crippen LogP contribution in [0, 0.1) is 5.92 Å². The second-order valence-corrected chi connectivity index (χ2v) is 6.16. The van der Waals surface area contributed by atoms with E-state index in [0.29, 0.717) is 25.3 Å². The summed E-state index contributed by atoms with van der Waals surface area (Å²) < 4.78 is 0. The minimum Gasteiger partial charge on any atom is -0.480 e. The van der Waals surface area contributed by atoms with Gasteiger partial charge in [-0.15, -0.1) is 0 Å². The van der Waals surface area contributed by atoms with Gasteiger partial charge in [0.15, 0.2) is 0 Å². The minimum absolute atomic E-state index is 0.0645. The van der Waals surface area contributed by atoms with Crippen LogP contribution in [0.2, 0.25) is 0 Å². The summed E-state index contributed by atoms with van der Waals surface area (Å²) in [6.45, 7) is 8.63. The molecule has 1 saturated carbocycles. The molecule has 0 aromatic rings. The molecule has 0 saturated heterocycles. The number of nitrogens with zero attached hydrogens (tertiary/aromatic N) is 1. The van der Waals surface area contributed by atoms with Crippen LogP contribution in [0.1, 0.15) is 53.4 Å². The predicted octanol–water partition coefficient (Wildman–Crippen LogP) is 2.46. The summed E-state index contributed by atoms with van der Waals surface area (Å²) in [5.74, 6) is -0.552. The zero-order chi connectivity index (χ0) is 14.6. The summed E-state index contributed by atoms with van der Waals surface area (Å²) >= 11 is 0. The maximum absolute atomic E-state index is 12.3. The summed E-state index contributed by atoms with van der Waals surface area (Å²) in [5.41, 5.74) is -1.05. The highest BCUT2D eigenvalue weighted by molar-refractivity contribution is 5.86. The second-order valence-electron chi connectivity index (χ2n) is 6.16. The number of hydrogen-bond donors (Lipinski definition) is 2. The van der Waals surface area contributed by atoms with Crippen LogP contribution in [0.15, 0.2) is 0 Å². The molecule has 0 unspecified atom stereocenters. The van der Waals surface area contributed by atoms with Crippen LogP contribution in [-0.2, 0) is 4.79 Å². The highest BCUT2D eigenvalue weighted by Gasteiger charge is 2.43. The number of carbonyl (C=O) groups is 2. The van der Waals surface area contributed by atoms with E-state index in [1.165, 1.54) is 0 Å². The third kappa shape index (κ3) is 3.85. The van der Waals surface area contributed by atoms with Gasteiger partial charge in [-0.3, -0.25) is 0 Å². The molecule has 5 nitrogen and oxygen atoms in total. The highest BCUT2D eigenvalue weighted by Crippen LogP contribution is 2.30. The Balaban J connectivity index is 2.77. The quantitative estimate of drug-likeness (QED) is 0.806. The molecule has 1 rings (SSSR count). The van der Waals surface area contributed by atoms with Crippen molar-refractivity contribution in [2.24, 2.45) is 5.92 Å². The van der Waals surface area contributed by atoms with Crippen molar-refractivity contribution >= 4 is 12.0 Å². The van der Waals surface area contributed by atoms with Crippen molar-refractivity contribution in [1.82, 2.24) is 10.2 Å². The molecular weight excluding hydrogens is 244 g/mol. The van der Waals surface area contributed by atoms with E-state index in [1.54, 1.807) is 4.90 Å². The SMILES string of the molecule is CC(C)CN(C(=O)NC1(C(=O)O)CCCC1)C(C)C. The second kappa shape index (κ2) is 6.26. The number of urea groups is 1.